The first-order valence-corrected chi connectivity index (χ1v) is 12.3. The third-order valence-corrected chi connectivity index (χ3v) is 7.04. The number of hydrogen-bond donors (Lipinski definition) is 1. The van der Waals surface area contributed by atoms with Crippen molar-refractivity contribution in [2.75, 3.05) is 0 Å². The zero-order chi connectivity index (χ0) is 24.2. The zero-order valence-corrected chi connectivity index (χ0v) is 19.5. The Morgan fingerprint density at radius 3 is 2.41 bits per heavy atom. The molecule has 2 aromatic heterocycles. The van der Waals surface area contributed by atoms with Gasteiger partial charge in [0.05, 0.1) is 33.1 Å². The highest BCUT2D eigenvalue weighted by atomic mass is 35.5. The van der Waals surface area contributed by atoms with Gasteiger partial charge >= 0.3 is 0 Å². The van der Waals surface area contributed by atoms with Gasteiger partial charge in [-0.25, -0.2) is 31.8 Å². The second kappa shape index (κ2) is 8.32. The van der Waals surface area contributed by atoms with Gasteiger partial charge in [0.2, 0.25) is 10.0 Å². The van der Waals surface area contributed by atoms with E-state index in [2.05, 4.69) is 21.9 Å². The van der Waals surface area contributed by atoms with Crippen LogP contribution in [0.2, 0.25) is 10.0 Å². The molecule has 0 bridgehead atoms. The molecule has 1 saturated carbocycles. The average Bonchev–Trinajstić information content (AvgIpc) is 3.54. The molecule has 5 rings (SSSR count). The van der Waals surface area contributed by atoms with E-state index in [0.29, 0.717) is 38.9 Å². The summed E-state index contributed by atoms with van der Waals surface area (Å²) in [6.07, 6.45) is 3.51. The molecule has 0 amide bonds. The predicted molar refractivity (Wildman–Crippen MR) is 124 cm³/mol. The first-order valence-electron chi connectivity index (χ1n) is 10.00. The van der Waals surface area contributed by atoms with Crippen molar-refractivity contribution in [2.45, 2.75) is 23.7 Å². The Balaban J connectivity index is 1.65. The second-order valence-corrected chi connectivity index (χ2v) is 10.2. The summed E-state index contributed by atoms with van der Waals surface area (Å²) in [6, 6.07) is 8.33. The van der Waals surface area contributed by atoms with Gasteiger partial charge in [-0.2, -0.15) is 5.10 Å². The summed E-state index contributed by atoms with van der Waals surface area (Å²) in [4.78, 5) is 3.84. The van der Waals surface area contributed by atoms with Gasteiger partial charge in [-0.05, 0) is 37.1 Å². The van der Waals surface area contributed by atoms with Gasteiger partial charge < -0.3 is 0 Å². The van der Waals surface area contributed by atoms with Crippen molar-refractivity contribution >= 4 is 38.9 Å². The number of nitrogens with zero attached hydrogens (tertiary/aromatic N) is 3. The second-order valence-electron chi connectivity index (χ2n) is 7.82. The van der Waals surface area contributed by atoms with Crippen LogP contribution in [0.4, 0.5) is 8.78 Å². The molecule has 1 aliphatic rings. The monoisotopic (exact) mass is 518 g/mol. The molecule has 0 radical (unpaired) electrons. The van der Waals surface area contributed by atoms with Crippen LogP contribution >= 0.6 is 23.2 Å². The van der Waals surface area contributed by atoms with Gasteiger partial charge in [-0.15, -0.1) is 0 Å². The largest absolute Gasteiger partial charge is 0.241 e. The molecule has 34 heavy (non-hydrogen) atoms. The van der Waals surface area contributed by atoms with E-state index in [-0.39, 0.29) is 5.56 Å². The van der Waals surface area contributed by atoms with E-state index >= 15 is 0 Å². The molecule has 2 aromatic carbocycles. The van der Waals surface area contributed by atoms with Gasteiger partial charge in [-0.3, -0.25) is 0 Å². The van der Waals surface area contributed by atoms with Gasteiger partial charge in [0.1, 0.15) is 16.5 Å². The van der Waals surface area contributed by atoms with Crippen molar-refractivity contribution in [3.8, 4) is 23.1 Å². The molecule has 0 spiro atoms. The van der Waals surface area contributed by atoms with Crippen LogP contribution in [0.5, 0.6) is 0 Å². The van der Waals surface area contributed by atoms with Crippen LogP contribution < -0.4 is 5.14 Å². The fourth-order valence-electron chi connectivity index (χ4n) is 3.53. The van der Waals surface area contributed by atoms with E-state index < -0.39 is 26.6 Å². The molecule has 11 heteroatoms. The summed E-state index contributed by atoms with van der Waals surface area (Å²) >= 11 is 12.2. The van der Waals surface area contributed by atoms with Crippen LogP contribution in [-0.4, -0.2) is 23.0 Å². The number of primary sulfonamides is 1. The van der Waals surface area contributed by atoms with Crippen molar-refractivity contribution in [3.63, 3.8) is 0 Å². The van der Waals surface area contributed by atoms with Crippen LogP contribution in [0.25, 0.3) is 16.9 Å². The van der Waals surface area contributed by atoms with Gasteiger partial charge in [0.25, 0.3) is 0 Å². The predicted octanol–water partition coefficient (Wildman–Crippen LogP) is 4.91. The lowest BCUT2D eigenvalue weighted by Crippen LogP contribution is -2.14. The van der Waals surface area contributed by atoms with Gasteiger partial charge in [-0.1, -0.05) is 41.1 Å². The summed E-state index contributed by atoms with van der Waals surface area (Å²) in [5.41, 5.74) is 2.83. The number of aromatic nitrogens is 3. The van der Waals surface area contributed by atoms with E-state index in [1.54, 1.807) is 22.7 Å². The van der Waals surface area contributed by atoms with Gasteiger partial charge in [0, 0.05) is 23.2 Å². The topological polar surface area (TPSA) is 90.4 Å². The molecule has 0 aliphatic heterocycles. The lowest BCUT2D eigenvalue weighted by atomic mass is 10.1. The van der Waals surface area contributed by atoms with Crippen LogP contribution in [-0.2, 0) is 10.0 Å². The van der Waals surface area contributed by atoms with Crippen molar-refractivity contribution < 1.29 is 17.2 Å². The Labute approximate surface area is 203 Å². The summed E-state index contributed by atoms with van der Waals surface area (Å²) in [6.45, 7) is 0. The standard InChI is InChI=1S/C23H14Cl2F2N4O2S/c24-16-6-5-14(7-17(16)25)20-10-21(12-1-2-12)31-23(30-20)15(11-29-31)4-3-13-8-22(34(28,32)33)19(27)9-18(13)26/h5-12H,1-2H2,(H2,28,32,33). The SMILES string of the molecule is NS(=O)(=O)c1cc(C#Cc2cnn3c(C4CC4)cc(-c4ccc(Cl)c(Cl)c4)nc23)c(F)cc1F. The lowest BCUT2D eigenvalue weighted by Gasteiger charge is -2.08. The smallest absolute Gasteiger partial charge is 0.227 e. The molecule has 4 aromatic rings. The number of sulfonamides is 1. The first kappa shape index (κ1) is 22.7. The van der Waals surface area contributed by atoms with Crippen molar-refractivity contribution in [3.05, 3.63) is 81.1 Å². The molecule has 172 valence electrons. The Hall–Kier alpha value is -3.03. The molecule has 2 N–H and O–H groups in total. The maximum Gasteiger partial charge on any atom is 0.241 e. The van der Waals surface area contributed by atoms with Crippen molar-refractivity contribution in [1.29, 1.82) is 0 Å². The molecule has 1 fully saturated rings. The molecule has 2 heterocycles. The quantitative estimate of drug-likeness (QED) is 0.390. The summed E-state index contributed by atoms with van der Waals surface area (Å²) in [5, 5.41) is 10.2. The summed E-state index contributed by atoms with van der Waals surface area (Å²) in [5.74, 6) is 3.33. The maximum absolute atomic E-state index is 14.3. The van der Waals surface area contributed by atoms with Crippen LogP contribution in [0.3, 0.4) is 0 Å². The third-order valence-electron chi connectivity index (χ3n) is 5.37. The minimum Gasteiger partial charge on any atom is -0.227 e. The Morgan fingerprint density at radius 1 is 1.00 bits per heavy atom. The fourth-order valence-corrected chi connectivity index (χ4v) is 4.44. The van der Waals surface area contributed by atoms with Crippen molar-refractivity contribution in [1.82, 2.24) is 14.6 Å². The van der Waals surface area contributed by atoms with E-state index in [1.807, 2.05) is 6.07 Å². The van der Waals surface area contributed by atoms with Crippen molar-refractivity contribution in [2.24, 2.45) is 5.14 Å². The molecule has 1 aliphatic carbocycles. The first-order chi connectivity index (χ1) is 16.1. The molecule has 0 unspecified atom stereocenters. The number of fused-ring (bicyclic) bond motifs is 1. The number of halogens is 4. The average molecular weight is 519 g/mol. The summed E-state index contributed by atoms with van der Waals surface area (Å²) < 4.78 is 52.9. The Bertz CT molecular complexity index is 1660. The molecule has 0 saturated heterocycles. The van der Waals surface area contributed by atoms with Gasteiger partial charge in [0.15, 0.2) is 5.65 Å². The lowest BCUT2D eigenvalue weighted by molar-refractivity contribution is 0.548. The molecular formula is C23H14Cl2F2N4O2S. The highest BCUT2D eigenvalue weighted by Crippen LogP contribution is 2.41. The van der Waals surface area contributed by atoms with E-state index in [0.717, 1.165) is 30.2 Å². The molecular weight excluding hydrogens is 505 g/mol. The number of benzene rings is 2. The Morgan fingerprint density at radius 2 is 1.74 bits per heavy atom. The maximum atomic E-state index is 14.3. The number of nitrogens with two attached hydrogens (primary N) is 1. The third kappa shape index (κ3) is 4.26. The van der Waals surface area contributed by atoms with Crippen LogP contribution in [0, 0.1) is 23.5 Å². The normalized spacial score (nSPS) is 13.7. The van der Waals surface area contributed by atoms with E-state index in [9.17, 15) is 17.2 Å². The highest BCUT2D eigenvalue weighted by Gasteiger charge is 2.28. The number of rotatable bonds is 3. The summed E-state index contributed by atoms with van der Waals surface area (Å²) in [7, 11) is -4.39. The van der Waals surface area contributed by atoms with E-state index in [4.69, 9.17) is 28.3 Å². The highest BCUT2D eigenvalue weighted by molar-refractivity contribution is 7.89. The zero-order valence-electron chi connectivity index (χ0n) is 17.2. The Kier molecular flexibility index (Phi) is 5.57. The molecule has 0 atom stereocenters. The number of hydrogen-bond acceptors (Lipinski definition) is 4. The minimum absolute atomic E-state index is 0.319. The van der Waals surface area contributed by atoms with Crippen LogP contribution in [0.1, 0.15) is 35.6 Å². The fraction of sp³-hybridized carbons (Fsp3) is 0.130. The van der Waals surface area contributed by atoms with Crippen LogP contribution in [0.15, 0.2) is 47.5 Å². The van der Waals surface area contributed by atoms with E-state index in [1.165, 1.54) is 6.20 Å². The minimum atomic E-state index is -4.39. The molecule has 6 nitrogen and oxygen atoms in total.